The molecule has 0 aliphatic carbocycles. The molecule has 25 heavy (non-hydrogen) atoms. The zero-order valence-electron chi connectivity index (χ0n) is 14.3. The summed E-state index contributed by atoms with van der Waals surface area (Å²) >= 11 is 0. The lowest BCUT2D eigenvalue weighted by atomic mass is 10.0. The van der Waals surface area contributed by atoms with Crippen LogP contribution in [-0.2, 0) is 14.8 Å². The predicted octanol–water partition coefficient (Wildman–Crippen LogP) is 2.99. The van der Waals surface area contributed by atoms with Gasteiger partial charge in [0.15, 0.2) is 0 Å². The largest absolute Gasteiger partial charge is 0.352 e. The van der Waals surface area contributed by atoms with Crippen LogP contribution >= 0.6 is 0 Å². The summed E-state index contributed by atoms with van der Waals surface area (Å²) in [4.78, 5) is 11.9. The van der Waals surface area contributed by atoms with Gasteiger partial charge in [-0.25, -0.2) is 8.42 Å². The average Bonchev–Trinajstić information content (AvgIpc) is 2.58. The summed E-state index contributed by atoms with van der Waals surface area (Å²) in [5.41, 5.74) is 2.48. The van der Waals surface area contributed by atoms with Gasteiger partial charge in [-0.1, -0.05) is 49.4 Å². The van der Waals surface area contributed by atoms with Crippen molar-refractivity contribution in [1.82, 2.24) is 5.32 Å². The lowest BCUT2D eigenvalue weighted by Crippen LogP contribution is -2.25. The Morgan fingerprint density at radius 3 is 2.32 bits per heavy atom. The number of anilines is 1. The summed E-state index contributed by atoms with van der Waals surface area (Å²) in [7, 11) is -3.29. The second kappa shape index (κ2) is 8.48. The van der Waals surface area contributed by atoms with Gasteiger partial charge in [0, 0.05) is 18.3 Å². The molecule has 5 nitrogen and oxygen atoms in total. The number of benzene rings is 2. The number of hydrogen-bond donors (Lipinski definition) is 2. The molecular weight excluding hydrogens is 336 g/mol. The summed E-state index contributed by atoms with van der Waals surface area (Å²) < 4.78 is 24.7. The Morgan fingerprint density at radius 1 is 1.08 bits per heavy atom. The summed E-state index contributed by atoms with van der Waals surface area (Å²) in [6.07, 6.45) is 4.26. The normalized spacial score (nSPS) is 12.7. The highest BCUT2D eigenvalue weighted by Gasteiger charge is 2.05. The fourth-order valence-corrected chi connectivity index (χ4v) is 2.82. The molecule has 0 aliphatic rings. The Kier molecular flexibility index (Phi) is 6.36. The van der Waals surface area contributed by atoms with Gasteiger partial charge in [0.1, 0.15) is 0 Å². The SMILES string of the molecule is CC(CNC(=O)/C=C/c1ccc(NS(C)(=O)=O)cc1)c1ccccc1. The highest BCUT2D eigenvalue weighted by atomic mass is 32.2. The van der Waals surface area contributed by atoms with Crippen molar-refractivity contribution < 1.29 is 13.2 Å². The minimum Gasteiger partial charge on any atom is -0.352 e. The Balaban J connectivity index is 1.85. The molecule has 1 unspecified atom stereocenters. The van der Waals surface area contributed by atoms with Gasteiger partial charge in [-0.15, -0.1) is 0 Å². The first-order valence-corrected chi connectivity index (χ1v) is 9.81. The third kappa shape index (κ3) is 6.81. The van der Waals surface area contributed by atoms with Gasteiger partial charge in [-0.2, -0.15) is 0 Å². The molecule has 0 aromatic heterocycles. The van der Waals surface area contributed by atoms with E-state index >= 15 is 0 Å². The Labute approximate surface area is 148 Å². The first-order valence-electron chi connectivity index (χ1n) is 7.92. The Hall–Kier alpha value is -2.60. The second-order valence-corrected chi connectivity index (χ2v) is 7.63. The van der Waals surface area contributed by atoms with Gasteiger partial charge in [0.2, 0.25) is 15.9 Å². The molecular formula is C19H22N2O3S. The van der Waals surface area contributed by atoms with E-state index in [4.69, 9.17) is 0 Å². The van der Waals surface area contributed by atoms with Crippen molar-refractivity contribution in [3.05, 3.63) is 71.8 Å². The van der Waals surface area contributed by atoms with E-state index in [1.165, 1.54) is 11.6 Å². The molecule has 0 spiro atoms. The molecule has 0 radical (unpaired) electrons. The summed E-state index contributed by atoms with van der Waals surface area (Å²) in [6.45, 7) is 2.62. The van der Waals surface area contributed by atoms with Gasteiger partial charge in [-0.05, 0) is 35.3 Å². The van der Waals surface area contributed by atoms with Gasteiger partial charge in [-0.3, -0.25) is 9.52 Å². The van der Waals surface area contributed by atoms with E-state index in [1.54, 1.807) is 30.3 Å². The second-order valence-electron chi connectivity index (χ2n) is 5.89. The zero-order chi connectivity index (χ0) is 18.3. The van der Waals surface area contributed by atoms with Gasteiger partial charge >= 0.3 is 0 Å². The van der Waals surface area contributed by atoms with E-state index in [9.17, 15) is 13.2 Å². The maximum atomic E-state index is 11.9. The minimum absolute atomic E-state index is 0.166. The van der Waals surface area contributed by atoms with Crippen molar-refractivity contribution in [3.8, 4) is 0 Å². The number of amides is 1. The minimum atomic E-state index is -3.29. The molecule has 1 atom stereocenters. The molecule has 0 fully saturated rings. The van der Waals surface area contributed by atoms with Crippen molar-refractivity contribution in [2.75, 3.05) is 17.5 Å². The molecule has 0 aliphatic heterocycles. The summed E-state index contributed by atoms with van der Waals surface area (Å²) in [5.74, 6) is 0.0704. The molecule has 2 aromatic rings. The molecule has 0 saturated carbocycles. The Bertz CT molecular complexity index is 829. The molecule has 0 bridgehead atoms. The van der Waals surface area contributed by atoms with Gasteiger partial charge < -0.3 is 5.32 Å². The molecule has 1 amide bonds. The topological polar surface area (TPSA) is 75.3 Å². The van der Waals surface area contributed by atoms with Crippen molar-refractivity contribution in [3.63, 3.8) is 0 Å². The lowest BCUT2D eigenvalue weighted by molar-refractivity contribution is -0.116. The van der Waals surface area contributed by atoms with Crippen LogP contribution in [0.4, 0.5) is 5.69 Å². The number of sulfonamides is 1. The first kappa shape index (κ1) is 18.7. The third-order valence-electron chi connectivity index (χ3n) is 3.59. The van der Waals surface area contributed by atoms with E-state index in [0.29, 0.717) is 12.2 Å². The van der Waals surface area contributed by atoms with Crippen LogP contribution in [0.15, 0.2) is 60.7 Å². The van der Waals surface area contributed by atoms with Gasteiger partial charge in [0.05, 0.1) is 6.26 Å². The maximum Gasteiger partial charge on any atom is 0.244 e. The first-order chi connectivity index (χ1) is 11.8. The Morgan fingerprint density at radius 2 is 1.72 bits per heavy atom. The van der Waals surface area contributed by atoms with Crippen LogP contribution in [0.1, 0.15) is 24.0 Å². The molecule has 132 valence electrons. The summed E-state index contributed by atoms with van der Waals surface area (Å²) in [5, 5.41) is 2.88. The number of rotatable bonds is 7. The molecule has 0 saturated heterocycles. The van der Waals surface area contributed by atoms with E-state index in [-0.39, 0.29) is 11.8 Å². The van der Waals surface area contributed by atoms with Crippen LogP contribution in [0.2, 0.25) is 0 Å². The summed E-state index contributed by atoms with van der Waals surface area (Å²) in [6, 6.07) is 16.8. The van der Waals surface area contributed by atoms with Crippen molar-refractivity contribution >= 4 is 27.7 Å². The maximum absolute atomic E-state index is 11.9. The van der Waals surface area contributed by atoms with Crippen LogP contribution in [-0.4, -0.2) is 27.1 Å². The highest BCUT2D eigenvalue weighted by Crippen LogP contribution is 2.13. The van der Waals surface area contributed by atoms with Crippen molar-refractivity contribution in [2.24, 2.45) is 0 Å². The molecule has 6 heteroatoms. The van der Waals surface area contributed by atoms with Crippen molar-refractivity contribution in [2.45, 2.75) is 12.8 Å². The van der Waals surface area contributed by atoms with E-state index < -0.39 is 10.0 Å². The predicted molar refractivity (Wildman–Crippen MR) is 102 cm³/mol. The molecule has 2 aromatic carbocycles. The van der Waals surface area contributed by atoms with Crippen LogP contribution < -0.4 is 10.0 Å². The van der Waals surface area contributed by atoms with Gasteiger partial charge in [0.25, 0.3) is 0 Å². The number of nitrogens with one attached hydrogen (secondary N) is 2. The van der Waals surface area contributed by atoms with Crippen LogP contribution in [0.25, 0.3) is 6.08 Å². The fourth-order valence-electron chi connectivity index (χ4n) is 2.26. The molecule has 2 rings (SSSR count). The lowest BCUT2D eigenvalue weighted by Gasteiger charge is -2.11. The average molecular weight is 358 g/mol. The molecule has 0 heterocycles. The smallest absolute Gasteiger partial charge is 0.244 e. The number of carbonyl (C=O) groups is 1. The molecule has 2 N–H and O–H groups in total. The highest BCUT2D eigenvalue weighted by molar-refractivity contribution is 7.92. The van der Waals surface area contributed by atoms with E-state index in [1.807, 2.05) is 30.3 Å². The van der Waals surface area contributed by atoms with Crippen LogP contribution in [0.5, 0.6) is 0 Å². The monoisotopic (exact) mass is 358 g/mol. The quantitative estimate of drug-likeness (QED) is 0.747. The van der Waals surface area contributed by atoms with Crippen LogP contribution in [0, 0.1) is 0 Å². The van der Waals surface area contributed by atoms with E-state index in [2.05, 4.69) is 17.0 Å². The fraction of sp³-hybridized carbons (Fsp3) is 0.211. The van der Waals surface area contributed by atoms with Crippen molar-refractivity contribution in [1.29, 1.82) is 0 Å². The number of hydrogen-bond acceptors (Lipinski definition) is 3. The standard InChI is InChI=1S/C19H22N2O3S/c1-15(17-6-4-3-5-7-17)14-20-19(22)13-10-16-8-11-18(12-9-16)21-25(2,23)24/h3-13,15,21H,14H2,1-2H3,(H,20,22)/b13-10+. The van der Waals surface area contributed by atoms with E-state index in [0.717, 1.165) is 11.8 Å². The third-order valence-corrected chi connectivity index (χ3v) is 4.20. The zero-order valence-corrected chi connectivity index (χ0v) is 15.1. The number of carbonyl (C=O) groups excluding carboxylic acids is 1. The van der Waals surface area contributed by atoms with Crippen LogP contribution in [0.3, 0.4) is 0 Å².